The van der Waals surface area contributed by atoms with Gasteiger partial charge in [0.2, 0.25) is 0 Å². The monoisotopic (exact) mass is 197 g/mol. The molecular formula is C13H27N. The minimum atomic E-state index is 0.938. The Bertz CT molecular complexity index is 132. The number of piperidine rings is 1. The maximum Gasteiger partial charge on any atom is 0.000946 e. The van der Waals surface area contributed by atoms with Gasteiger partial charge in [-0.1, -0.05) is 40.0 Å². The smallest absolute Gasteiger partial charge is 0.000946 e. The van der Waals surface area contributed by atoms with Crippen LogP contribution in [0.5, 0.6) is 0 Å². The molecule has 1 aliphatic rings. The first-order valence-electron chi connectivity index (χ1n) is 6.52. The summed E-state index contributed by atoms with van der Waals surface area (Å²) in [6.07, 6.45) is 6.97. The fourth-order valence-electron chi connectivity index (χ4n) is 2.49. The first-order chi connectivity index (χ1) is 6.80. The maximum absolute atomic E-state index is 2.68. The summed E-state index contributed by atoms with van der Waals surface area (Å²) < 4.78 is 0. The van der Waals surface area contributed by atoms with Gasteiger partial charge in [0.15, 0.2) is 0 Å². The Morgan fingerprint density at radius 3 is 2.07 bits per heavy atom. The number of nitrogens with zero attached hydrogens (tertiary/aromatic N) is 1. The van der Waals surface area contributed by atoms with E-state index in [1.54, 1.807) is 0 Å². The van der Waals surface area contributed by atoms with Crippen LogP contribution in [0, 0.1) is 11.8 Å². The molecular weight excluding hydrogens is 170 g/mol. The van der Waals surface area contributed by atoms with Gasteiger partial charge >= 0.3 is 0 Å². The van der Waals surface area contributed by atoms with E-state index in [9.17, 15) is 0 Å². The highest BCUT2D eigenvalue weighted by molar-refractivity contribution is 4.73. The summed E-state index contributed by atoms with van der Waals surface area (Å²) in [6.45, 7) is 11.1. The van der Waals surface area contributed by atoms with Crippen LogP contribution < -0.4 is 0 Å². The minimum absolute atomic E-state index is 0.938. The minimum Gasteiger partial charge on any atom is -0.303 e. The summed E-state index contributed by atoms with van der Waals surface area (Å²) in [5.41, 5.74) is 0. The lowest BCUT2D eigenvalue weighted by molar-refractivity contribution is 0.155. The number of likely N-dealkylation sites (tertiary alicyclic amines) is 1. The average Bonchev–Trinajstić information content (AvgIpc) is 2.26. The highest BCUT2D eigenvalue weighted by Gasteiger charge is 2.19. The molecule has 0 unspecified atom stereocenters. The highest BCUT2D eigenvalue weighted by Crippen LogP contribution is 2.21. The molecule has 0 spiro atoms. The Balaban J connectivity index is 2.21. The van der Waals surface area contributed by atoms with Crippen LogP contribution in [-0.2, 0) is 0 Å². The molecule has 0 radical (unpaired) electrons. The van der Waals surface area contributed by atoms with E-state index in [1.807, 2.05) is 0 Å². The fraction of sp³-hybridized carbons (Fsp3) is 1.00. The molecule has 1 saturated heterocycles. The van der Waals surface area contributed by atoms with E-state index in [2.05, 4.69) is 25.7 Å². The van der Waals surface area contributed by atoms with Gasteiger partial charge in [-0.3, -0.25) is 0 Å². The van der Waals surface area contributed by atoms with Crippen LogP contribution >= 0.6 is 0 Å². The first kappa shape index (κ1) is 12.0. The van der Waals surface area contributed by atoms with E-state index in [0.717, 1.165) is 11.8 Å². The Hall–Kier alpha value is -0.0400. The van der Waals surface area contributed by atoms with Crippen LogP contribution in [0.4, 0.5) is 0 Å². The lowest BCUT2D eigenvalue weighted by atomic mass is 9.93. The summed E-state index contributed by atoms with van der Waals surface area (Å²) in [5, 5.41) is 0. The van der Waals surface area contributed by atoms with E-state index >= 15 is 0 Å². The second-order valence-electron chi connectivity index (χ2n) is 4.83. The summed E-state index contributed by atoms with van der Waals surface area (Å²) in [7, 11) is 0. The van der Waals surface area contributed by atoms with E-state index in [1.165, 1.54) is 51.7 Å². The Labute approximate surface area is 89.9 Å². The Morgan fingerprint density at radius 1 is 1.07 bits per heavy atom. The molecule has 1 aliphatic heterocycles. The number of hydrogen-bond acceptors (Lipinski definition) is 1. The quantitative estimate of drug-likeness (QED) is 0.651. The number of rotatable bonds is 5. The molecule has 1 fully saturated rings. The van der Waals surface area contributed by atoms with Gasteiger partial charge in [0.05, 0.1) is 0 Å². The van der Waals surface area contributed by atoms with Gasteiger partial charge in [0.1, 0.15) is 0 Å². The summed E-state index contributed by atoms with van der Waals surface area (Å²) in [5.74, 6) is 1.96. The SMILES string of the molecule is CCC1CCN(CC(CC)CC)CC1. The molecule has 0 N–H and O–H groups in total. The van der Waals surface area contributed by atoms with Crippen molar-refractivity contribution in [3.8, 4) is 0 Å². The molecule has 0 bridgehead atoms. The first-order valence-corrected chi connectivity index (χ1v) is 6.52. The zero-order valence-corrected chi connectivity index (χ0v) is 10.3. The molecule has 84 valence electrons. The van der Waals surface area contributed by atoms with Crippen LogP contribution in [0.3, 0.4) is 0 Å². The Morgan fingerprint density at radius 2 is 1.64 bits per heavy atom. The fourth-order valence-corrected chi connectivity index (χ4v) is 2.49. The van der Waals surface area contributed by atoms with Gasteiger partial charge in [0, 0.05) is 6.54 Å². The molecule has 14 heavy (non-hydrogen) atoms. The lowest BCUT2D eigenvalue weighted by Crippen LogP contribution is -2.36. The third kappa shape index (κ3) is 3.61. The van der Waals surface area contributed by atoms with Crippen molar-refractivity contribution in [3.63, 3.8) is 0 Å². The van der Waals surface area contributed by atoms with Crippen molar-refractivity contribution >= 4 is 0 Å². The lowest BCUT2D eigenvalue weighted by Gasteiger charge is -2.33. The molecule has 1 heterocycles. The summed E-state index contributed by atoms with van der Waals surface area (Å²) in [6, 6.07) is 0. The largest absolute Gasteiger partial charge is 0.303 e. The van der Waals surface area contributed by atoms with Crippen LogP contribution in [0.15, 0.2) is 0 Å². The van der Waals surface area contributed by atoms with Crippen molar-refractivity contribution in [3.05, 3.63) is 0 Å². The van der Waals surface area contributed by atoms with E-state index in [-0.39, 0.29) is 0 Å². The second-order valence-corrected chi connectivity index (χ2v) is 4.83. The predicted molar refractivity (Wildman–Crippen MR) is 63.5 cm³/mol. The zero-order chi connectivity index (χ0) is 10.4. The summed E-state index contributed by atoms with van der Waals surface area (Å²) >= 11 is 0. The topological polar surface area (TPSA) is 3.24 Å². The van der Waals surface area contributed by atoms with Crippen LogP contribution in [0.2, 0.25) is 0 Å². The number of hydrogen-bond donors (Lipinski definition) is 0. The van der Waals surface area contributed by atoms with Gasteiger partial charge in [0.25, 0.3) is 0 Å². The molecule has 1 heteroatoms. The van der Waals surface area contributed by atoms with Crippen molar-refractivity contribution in [2.24, 2.45) is 11.8 Å². The molecule has 0 aromatic carbocycles. The molecule has 0 atom stereocenters. The molecule has 0 aromatic heterocycles. The Kier molecular flexibility index (Phi) is 5.54. The molecule has 0 aliphatic carbocycles. The maximum atomic E-state index is 2.68. The van der Waals surface area contributed by atoms with Gasteiger partial charge in [-0.05, 0) is 37.8 Å². The van der Waals surface area contributed by atoms with Crippen molar-refractivity contribution in [1.82, 2.24) is 4.90 Å². The molecule has 0 saturated carbocycles. The van der Waals surface area contributed by atoms with Gasteiger partial charge in [-0.25, -0.2) is 0 Å². The molecule has 1 nitrogen and oxygen atoms in total. The third-order valence-electron chi connectivity index (χ3n) is 3.96. The third-order valence-corrected chi connectivity index (χ3v) is 3.96. The zero-order valence-electron chi connectivity index (χ0n) is 10.3. The standard InChI is InChI=1S/C13H27N/c1-4-12(5-2)11-14-9-7-13(6-3)8-10-14/h12-13H,4-11H2,1-3H3. The van der Waals surface area contributed by atoms with Gasteiger partial charge in [-0.15, -0.1) is 0 Å². The van der Waals surface area contributed by atoms with Crippen LogP contribution in [0.25, 0.3) is 0 Å². The molecule has 1 rings (SSSR count). The van der Waals surface area contributed by atoms with Crippen molar-refractivity contribution < 1.29 is 0 Å². The predicted octanol–water partition coefficient (Wildman–Crippen LogP) is 3.54. The molecule has 0 amide bonds. The normalized spacial score (nSPS) is 20.6. The van der Waals surface area contributed by atoms with Crippen molar-refractivity contribution in [1.29, 1.82) is 0 Å². The van der Waals surface area contributed by atoms with Crippen LogP contribution in [0.1, 0.15) is 52.9 Å². The van der Waals surface area contributed by atoms with Crippen molar-refractivity contribution in [2.75, 3.05) is 19.6 Å². The van der Waals surface area contributed by atoms with E-state index in [0.29, 0.717) is 0 Å². The van der Waals surface area contributed by atoms with Crippen molar-refractivity contribution in [2.45, 2.75) is 52.9 Å². The second kappa shape index (κ2) is 6.44. The van der Waals surface area contributed by atoms with E-state index in [4.69, 9.17) is 0 Å². The highest BCUT2D eigenvalue weighted by atomic mass is 15.1. The van der Waals surface area contributed by atoms with Gasteiger partial charge < -0.3 is 4.90 Å². The van der Waals surface area contributed by atoms with E-state index < -0.39 is 0 Å². The van der Waals surface area contributed by atoms with Crippen LogP contribution in [-0.4, -0.2) is 24.5 Å². The van der Waals surface area contributed by atoms with Gasteiger partial charge in [-0.2, -0.15) is 0 Å². The summed E-state index contributed by atoms with van der Waals surface area (Å²) in [4.78, 5) is 2.68. The molecule has 0 aromatic rings. The average molecular weight is 197 g/mol.